The van der Waals surface area contributed by atoms with Gasteiger partial charge >= 0.3 is 5.97 Å². The van der Waals surface area contributed by atoms with Gasteiger partial charge in [-0.3, -0.25) is 24.0 Å². The van der Waals surface area contributed by atoms with Gasteiger partial charge in [0.05, 0.1) is 24.7 Å². The molecule has 7 atom stereocenters. The molecular formula is C24H23NO10. The van der Waals surface area contributed by atoms with Crippen LogP contribution in [0.4, 0.5) is 0 Å². The van der Waals surface area contributed by atoms with E-state index in [9.17, 15) is 44.1 Å². The number of fused-ring (bicyclic) bond motifs is 3. The summed E-state index contributed by atoms with van der Waals surface area (Å²) >= 11 is 0. The summed E-state index contributed by atoms with van der Waals surface area (Å²) in [5, 5.41) is 33.2. The molecule has 11 heteroatoms. The number of hydrogen-bond donors (Lipinski definition) is 4. The Morgan fingerprint density at radius 2 is 1.83 bits per heavy atom. The largest absolute Gasteiger partial charge is 0.507 e. The highest BCUT2D eigenvalue weighted by Crippen LogP contribution is 2.54. The zero-order valence-electron chi connectivity index (χ0n) is 18.8. The number of phenolic OH excluding ortho intramolecular Hbond substituents is 1. The summed E-state index contributed by atoms with van der Waals surface area (Å²) in [6, 6.07) is 2.94. The Hall–Kier alpha value is -3.70. The van der Waals surface area contributed by atoms with Crippen LogP contribution in [0.1, 0.15) is 40.7 Å². The van der Waals surface area contributed by atoms with Crippen molar-refractivity contribution >= 4 is 41.1 Å². The van der Waals surface area contributed by atoms with Crippen LogP contribution in [0.5, 0.6) is 5.75 Å². The lowest BCUT2D eigenvalue weighted by Gasteiger charge is -2.52. The average molecular weight is 485 g/mol. The first-order valence-corrected chi connectivity index (χ1v) is 10.8. The second kappa shape index (κ2) is 8.21. The van der Waals surface area contributed by atoms with Gasteiger partial charge in [-0.25, -0.2) is 4.79 Å². The number of nitrogens with two attached hydrogens (primary N) is 1. The molecule has 0 bridgehead atoms. The summed E-state index contributed by atoms with van der Waals surface area (Å²) < 4.78 is 4.50. The molecule has 2 saturated carbocycles. The molecule has 2 unspecified atom stereocenters. The molecule has 0 heterocycles. The molecule has 0 spiro atoms. The van der Waals surface area contributed by atoms with Crippen LogP contribution in [-0.2, 0) is 28.7 Å². The molecule has 184 valence electrons. The number of Topliss-reactive ketones (excluding diaryl/α,β-unsaturated/α-hetero) is 4. The third-order valence-electron chi connectivity index (χ3n) is 7.49. The van der Waals surface area contributed by atoms with Gasteiger partial charge in [-0.2, -0.15) is 0 Å². The second-order valence-corrected chi connectivity index (χ2v) is 9.13. The number of esters is 1. The van der Waals surface area contributed by atoms with Gasteiger partial charge in [0.25, 0.3) is 0 Å². The number of hydrogen-bond acceptors (Lipinski definition) is 10. The quantitative estimate of drug-likeness (QED) is 0.235. The van der Waals surface area contributed by atoms with E-state index in [-0.39, 0.29) is 11.1 Å². The Bertz CT molecular complexity index is 1230. The Balaban J connectivity index is 1.85. The van der Waals surface area contributed by atoms with Crippen molar-refractivity contribution in [3.8, 4) is 5.75 Å². The molecule has 3 aliphatic carbocycles. The van der Waals surface area contributed by atoms with E-state index in [1.807, 2.05) is 0 Å². The van der Waals surface area contributed by atoms with Crippen molar-refractivity contribution in [1.82, 2.24) is 0 Å². The molecule has 0 aliphatic heterocycles. The molecule has 1 amide bonds. The molecule has 3 aliphatic rings. The summed E-state index contributed by atoms with van der Waals surface area (Å²) in [4.78, 5) is 75.6. The van der Waals surface area contributed by atoms with E-state index in [0.717, 1.165) is 13.2 Å². The number of aliphatic hydroxyl groups excluding tert-OH is 1. The summed E-state index contributed by atoms with van der Waals surface area (Å²) in [7, 11) is 1.16. The van der Waals surface area contributed by atoms with E-state index in [4.69, 9.17) is 5.73 Å². The SMILES string of the molecule is COC(=O)C=Cc1ccc2c(c1O)C(=O)C1C(=O)[C@]3(O)C(=O)C(C(N)=O)C(=O)C[C@@H]3[C@@H](O)[C@@H]1[C@H]2C. The van der Waals surface area contributed by atoms with Gasteiger partial charge in [0.2, 0.25) is 5.91 Å². The van der Waals surface area contributed by atoms with Crippen LogP contribution in [0.15, 0.2) is 18.2 Å². The monoisotopic (exact) mass is 485 g/mol. The van der Waals surface area contributed by atoms with Crippen LogP contribution in [0.2, 0.25) is 0 Å². The second-order valence-electron chi connectivity index (χ2n) is 9.13. The summed E-state index contributed by atoms with van der Waals surface area (Å²) in [5.41, 5.74) is 2.30. The molecule has 0 aromatic heterocycles. The van der Waals surface area contributed by atoms with E-state index >= 15 is 0 Å². The first-order valence-electron chi connectivity index (χ1n) is 10.8. The van der Waals surface area contributed by atoms with E-state index in [1.54, 1.807) is 6.92 Å². The number of benzene rings is 1. The maximum Gasteiger partial charge on any atom is 0.330 e. The van der Waals surface area contributed by atoms with Gasteiger partial charge in [-0.15, -0.1) is 0 Å². The molecule has 2 fully saturated rings. The zero-order valence-corrected chi connectivity index (χ0v) is 18.8. The average Bonchev–Trinajstić information content (AvgIpc) is 2.80. The topological polar surface area (TPSA) is 198 Å². The predicted octanol–water partition coefficient (Wildman–Crippen LogP) is -0.955. The summed E-state index contributed by atoms with van der Waals surface area (Å²) in [6.45, 7) is 1.60. The van der Waals surface area contributed by atoms with E-state index < -0.39 is 88.5 Å². The van der Waals surface area contributed by atoms with Gasteiger partial charge in [0.15, 0.2) is 34.7 Å². The minimum absolute atomic E-state index is 0.0710. The lowest BCUT2D eigenvalue weighted by molar-refractivity contribution is -0.189. The van der Waals surface area contributed by atoms with Crippen LogP contribution in [0.25, 0.3) is 6.08 Å². The fourth-order valence-corrected chi connectivity index (χ4v) is 5.73. The predicted molar refractivity (Wildman–Crippen MR) is 116 cm³/mol. The van der Waals surface area contributed by atoms with Gasteiger partial charge in [0.1, 0.15) is 5.75 Å². The Morgan fingerprint density at radius 3 is 2.43 bits per heavy atom. The van der Waals surface area contributed by atoms with Crippen molar-refractivity contribution in [3.63, 3.8) is 0 Å². The number of carbonyl (C=O) groups is 6. The number of ketones is 4. The standard InChI is InChI=1S/C24H23NO10/c1-8-10-5-3-9(4-6-13(27)35-2)18(28)15(10)20(30)17-14(8)19(29)11-7-12(26)16(23(25)33)21(31)24(11,34)22(17)32/h3-6,8,11,14,16-17,19,28-29,34H,7H2,1-2H3,(H2,25,33)/t8-,11+,14+,16?,17?,19+,24+/m0/s1. The maximum absolute atomic E-state index is 13.5. The highest BCUT2D eigenvalue weighted by molar-refractivity contribution is 6.31. The van der Waals surface area contributed by atoms with Crippen molar-refractivity contribution in [2.24, 2.45) is 29.4 Å². The fourth-order valence-electron chi connectivity index (χ4n) is 5.73. The minimum Gasteiger partial charge on any atom is -0.507 e. The number of aliphatic hydroxyl groups is 2. The number of amides is 1. The van der Waals surface area contributed by atoms with Crippen molar-refractivity contribution in [3.05, 3.63) is 34.9 Å². The molecule has 0 saturated heterocycles. The van der Waals surface area contributed by atoms with Gasteiger partial charge in [-0.05, 0) is 17.6 Å². The molecule has 5 N–H and O–H groups in total. The smallest absolute Gasteiger partial charge is 0.330 e. The number of carbonyl (C=O) groups excluding carboxylic acids is 6. The van der Waals surface area contributed by atoms with E-state index in [2.05, 4.69) is 4.74 Å². The first-order chi connectivity index (χ1) is 16.4. The number of phenols is 1. The van der Waals surface area contributed by atoms with Crippen LogP contribution >= 0.6 is 0 Å². The Morgan fingerprint density at radius 1 is 1.17 bits per heavy atom. The number of methoxy groups -OCH3 is 1. The Labute approximate surface area is 198 Å². The van der Waals surface area contributed by atoms with E-state index in [1.165, 1.54) is 18.2 Å². The van der Waals surface area contributed by atoms with Crippen molar-refractivity contribution in [2.45, 2.75) is 31.0 Å². The summed E-state index contributed by atoms with van der Waals surface area (Å²) in [5.74, 6) is -14.3. The minimum atomic E-state index is -2.97. The Kier molecular flexibility index (Phi) is 5.73. The van der Waals surface area contributed by atoms with Gasteiger partial charge in [-0.1, -0.05) is 19.1 Å². The number of primary amides is 1. The van der Waals surface area contributed by atoms with Crippen molar-refractivity contribution < 1.29 is 48.8 Å². The molecule has 0 radical (unpaired) electrons. The molecule has 35 heavy (non-hydrogen) atoms. The van der Waals surface area contributed by atoms with Gasteiger partial charge < -0.3 is 25.8 Å². The molecule has 1 aromatic rings. The highest BCUT2D eigenvalue weighted by Gasteiger charge is 2.69. The molecular weight excluding hydrogens is 462 g/mol. The van der Waals surface area contributed by atoms with Crippen molar-refractivity contribution in [1.29, 1.82) is 0 Å². The van der Waals surface area contributed by atoms with Gasteiger partial charge in [0, 0.05) is 29.9 Å². The fraction of sp³-hybridized carbons (Fsp3) is 0.417. The highest BCUT2D eigenvalue weighted by atomic mass is 16.5. The number of rotatable bonds is 3. The number of ether oxygens (including phenoxy) is 1. The third-order valence-corrected chi connectivity index (χ3v) is 7.49. The van der Waals surface area contributed by atoms with Crippen LogP contribution < -0.4 is 5.73 Å². The molecule has 1 aromatic carbocycles. The van der Waals surface area contributed by atoms with Crippen LogP contribution in [0.3, 0.4) is 0 Å². The lowest BCUT2D eigenvalue weighted by atomic mass is 9.50. The van der Waals surface area contributed by atoms with Crippen molar-refractivity contribution in [2.75, 3.05) is 7.11 Å². The number of aromatic hydroxyl groups is 1. The first kappa shape index (κ1) is 24.4. The van der Waals surface area contributed by atoms with Crippen LogP contribution in [0, 0.1) is 23.7 Å². The van der Waals surface area contributed by atoms with E-state index in [0.29, 0.717) is 5.56 Å². The normalized spacial score (nSPS) is 34.3. The molecule has 4 rings (SSSR count). The molecule has 11 nitrogen and oxygen atoms in total. The lowest BCUT2D eigenvalue weighted by Crippen LogP contribution is -2.72. The maximum atomic E-state index is 13.5. The third kappa shape index (κ3) is 3.26. The van der Waals surface area contributed by atoms with Crippen LogP contribution in [-0.4, -0.2) is 69.1 Å². The summed E-state index contributed by atoms with van der Waals surface area (Å²) in [6.07, 6.45) is -0.0498. The zero-order chi connectivity index (χ0) is 26.0.